The maximum absolute atomic E-state index is 5.95. The van der Waals surface area contributed by atoms with E-state index in [0.29, 0.717) is 12.2 Å². The van der Waals surface area contributed by atoms with Gasteiger partial charge in [-0.3, -0.25) is 4.90 Å². The highest BCUT2D eigenvalue weighted by molar-refractivity contribution is 5.76. The van der Waals surface area contributed by atoms with Gasteiger partial charge in [0.25, 0.3) is 0 Å². The van der Waals surface area contributed by atoms with E-state index in [2.05, 4.69) is 40.8 Å². The molecule has 1 aliphatic heterocycles. The first-order chi connectivity index (χ1) is 12.2. The highest BCUT2D eigenvalue weighted by Crippen LogP contribution is 2.25. The first-order valence-corrected chi connectivity index (χ1v) is 8.73. The zero-order chi connectivity index (χ0) is 17.2. The van der Waals surface area contributed by atoms with E-state index in [1.807, 2.05) is 30.3 Å². The third-order valence-corrected chi connectivity index (χ3v) is 4.45. The predicted octanol–water partition coefficient (Wildman–Crippen LogP) is 3.96. The molecule has 4 rings (SSSR count). The normalized spacial score (nSPS) is 21.5. The molecule has 5 nitrogen and oxygen atoms in total. The zero-order valence-corrected chi connectivity index (χ0v) is 14.6. The van der Waals surface area contributed by atoms with E-state index in [1.165, 1.54) is 5.56 Å². The Labute approximate surface area is 147 Å². The molecule has 2 atom stereocenters. The van der Waals surface area contributed by atoms with Crippen molar-refractivity contribution in [3.05, 3.63) is 54.4 Å². The van der Waals surface area contributed by atoms with Crippen molar-refractivity contribution in [3.8, 4) is 11.5 Å². The summed E-state index contributed by atoms with van der Waals surface area (Å²) < 4.78 is 11.7. The lowest BCUT2D eigenvalue weighted by Gasteiger charge is -2.35. The monoisotopic (exact) mass is 337 g/mol. The molecular formula is C20H23N3O2. The second-order valence-electron chi connectivity index (χ2n) is 6.78. The van der Waals surface area contributed by atoms with Crippen LogP contribution in [0.3, 0.4) is 0 Å². The van der Waals surface area contributed by atoms with Gasteiger partial charge in [-0.05, 0) is 43.7 Å². The number of nitrogens with zero attached hydrogens (tertiary/aromatic N) is 2. The standard InChI is InChI=1S/C20H23N3O2/c1-14-10-23(11-15(2)24-14)12-16-3-5-17(6-4-16)25-18-7-8-19-20(9-18)22-13-21-19/h3-9,13-15H,10-12H2,1-2H3,(H,21,22). The largest absolute Gasteiger partial charge is 0.457 e. The highest BCUT2D eigenvalue weighted by atomic mass is 16.5. The number of morpholine rings is 1. The number of hydrogen-bond donors (Lipinski definition) is 1. The fourth-order valence-electron chi connectivity index (χ4n) is 3.45. The summed E-state index contributed by atoms with van der Waals surface area (Å²) in [7, 11) is 0. The summed E-state index contributed by atoms with van der Waals surface area (Å²) in [5.41, 5.74) is 3.21. The van der Waals surface area contributed by atoms with Crippen molar-refractivity contribution in [2.45, 2.75) is 32.6 Å². The third-order valence-electron chi connectivity index (χ3n) is 4.45. The summed E-state index contributed by atoms with van der Waals surface area (Å²) >= 11 is 0. The number of aromatic nitrogens is 2. The van der Waals surface area contributed by atoms with Crippen LogP contribution in [-0.4, -0.2) is 40.2 Å². The van der Waals surface area contributed by atoms with E-state index in [4.69, 9.17) is 9.47 Å². The van der Waals surface area contributed by atoms with Gasteiger partial charge < -0.3 is 14.5 Å². The third kappa shape index (κ3) is 3.83. The first kappa shape index (κ1) is 16.1. The van der Waals surface area contributed by atoms with Gasteiger partial charge in [0.1, 0.15) is 11.5 Å². The molecule has 130 valence electrons. The maximum atomic E-state index is 5.95. The molecule has 1 aliphatic rings. The molecular weight excluding hydrogens is 314 g/mol. The van der Waals surface area contributed by atoms with Gasteiger partial charge in [0.05, 0.1) is 29.6 Å². The molecule has 3 aromatic rings. The molecule has 1 N–H and O–H groups in total. The quantitative estimate of drug-likeness (QED) is 0.783. The fraction of sp³-hybridized carbons (Fsp3) is 0.350. The van der Waals surface area contributed by atoms with Gasteiger partial charge in [0.2, 0.25) is 0 Å². The highest BCUT2D eigenvalue weighted by Gasteiger charge is 2.21. The van der Waals surface area contributed by atoms with Crippen LogP contribution in [0.25, 0.3) is 11.0 Å². The van der Waals surface area contributed by atoms with Crippen LogP contribution in [-0.2, 0) is 11.3 Å². The SMILES string of the molecule is CC1CN(Cc2ccc(Oc3ccc4nc[nH]c4c3)cc2)CC(C)O1. The van der Waals surface area contributed by atoms with Crippen molar-refractivity contribution >= 4 is 11.0 Å². The number of rotatable bonds is 4. The van der Waals surface area contributed by atoms with Crippen molar-refractivity contribution in [2.75, 3.05) is 13.1 Å². The number of H-pyrrole nitrogens is 1. The first-order valence-electron chi connectivity index (χ1n) is 8.73. The lowest BCUT2D eigenvalue weighted by molar-refractivity contribution is -0.0704. The molecule has 1 aromatic heterocycles. The second-order valence-corrected chi connectivity index (χ2v) is 6.78. The number of imidazole rings is 1. The summed E-state index contributed by atoms with van der Waals surface area (Å²) in [6.07, 6.45) is 2.28. The molecule has 2 aromatic carbocycles. The Morgan fingerprint density at radius 3 is 2.56 bits per heavy atom. The number of benzene rings is 2. The van der Waals surface area contributed by atoms with E-state index >= 15 is 0 Å². The van der Waals surface area contributed by atoms with Crippen LogP contribution in [0.1, 0.15) is 19.4 Å². The molecule has 1 fully saturated rings. The van der Waals surface area contributed by atoms with Crippen LogP contribution >= 0.6 is 0 Å². The van der Waals surface area contributed by atoms with Crippen LogP contribution in [0.15, 0.2) is 48.8 Å². The van der Waals surface area contributed by atoms with Crippen LogP contribution in [0.2, 0.25) is 0 Å². The Morgan fingerprint density at radius 2 is 1.80 bits per heavy atom. The van der Waals surface area contributed by atoms with Crippen molar-refractivity contribution in [1.29, 1.82) is 0 Å². The minimum atomic E-state index is 0.295. The number of hydrogen-bond acceptors (Lipinski definition) is 4. The van der Waals surface area contributed by atoms with E-state index in [1.54, 1.807) is 6.33 Å². The van der Waals surface area contributed by atoms with Gasteiger partial charge in [-0.25, -0.2) is 4.98 Å². The van der Waals surface area contributed by atoms with Crippen molar-refractivity contribution in [2.24, 2.45) is 0 Å². The molecule has 2 heterocycles. The van der Waals surface area contributed by atoms with E-state index < -0.39 is 0 Å². The second kappa shape index (κ2) is 6.86. The Morgan fingerprint density at radius 1 is 1.08 bits per heavy atom. The lowest BCUT2D eigenvalue weighted by Crippen LogP contribution is -2.44. The smallest absolute Gasteiger partial charge is 0.129 e. The van der Waals surface area contributed by atoms with Crippen LogP contribution in [0, 0.1) is 0 Å². The van der Waals surface area contributed by atoms with Gasteiger partial charge >= 0.3 is 0 Å². The van der Waals surface area contributed by atoms with E-state index in [0.717, 1.165) is 42.2 Å². The lowest BCUT2D eigenvalue weighted by atomic mass is 10.1. The maximum Gasteiger partial charge on any atom is 0.129 e. The number of aromatic amines is 1. The molecule has 1 saturated heterocycles. The molecule has 5 heteroatoms. The van der Waals surface area contributed by atoms with Crippen molar-refractivity contribution in [1.82, 2.24) is 14.9 Å². The average Bonchev–Trinajstić information content (AvgIpc) is 3.03. The molecule has 0 saturated carbocycles. The topological polar surface area (TPSA) is 50.4 Å². The molecule has 0 bridgehead atoms. The average molecular weight is 337 g/mol. The van der Waals surface area contributed by atoms with Gasteiger partial charge in [0.15, 0.2) is 0 Å². The Balaban J connectivity index is 1.41. The molecule has 0 radical (unpaired) electrons. The van der Waals surface area contributed by atoms with Gasteiger partial charge in [-0.15, -0.1) is 0 Å². The zero-order valence-electron chi connectivity index (χ0n) is 14.6. The molecule has 0 amide bonds. The van der Waals surface area contributed by atoms with E-state index in [9.17, 15) is 0 Å². The molecule has 25 heavy (non-hydrogen) atoms. The fourth-order valence-corrected chi connectivity index (χ4v) is 3.45. The molecule has 0 spiro atoms. The summed E-state index contributed by atoms with van der Waals surface area (Å²) in [5.74, 6) is 1.65. The van der Waals surface area contributed by atoms with Crippen LogP contribution < -0.4 is 4.74 Å². The van der Waals surface area contributed by atoms with Gasteiger partial charge in [0, 0.05) is 25.7 Å². The minimum absolute atomic E-state index is 0.295. The predicted molar refractivity (Wildman–Crippen MR) is 97.9 cm³/mol. The summed E-state index contributed by atoms with van der Waals surface area (Å²) in [5, 5.41) is 0. The van der Waals surface area contributed by atoms with Crippen molar-refractivity contribution < 1.29 is 9.47 Å². The summed E-state index contributed by atoms with van der Waals surface area (Å²) in [6.45, 7) is 7.17. The van der Waals surface area contributed by atoms with Crippen LogP contribution in [0.5, 0.6) is 11.5 Å². The Bertz CT molecular complexity index is 834. The Hall–Kier alpha value is -2.37. The molecule has 2 unspecified atom stereocenters. The van der Waals surface area contributed by atoms with Crippen LogP contribution in [0.4, 0.5) is 0 Å². The van der Waals surface area contributed by atoms with Gasteiger partial charge in [-0.2, -0.15) is 0 Å². The number of ether oxygens (including phenoxy) is 2. The van der Waals surface area contributed by atoms with E-state index in [-0.39, 0.29) is 0 Å². The number of fused-ring (bicyclic) bond motifs is 1. The minimum Gasteiger partial charge on any atom is -0.457 e. The summed E-state index contributed by atoms with van der Waals surface area (Å²) in [6, 6.07) is 14.2. The Kier molecular flexibility index (Phi) is 4.42. The van der Waals surface area contributed by atoms with Crippen molar-refractivity contribution in [3.63, 3.8) is 0 Å². The number of nitrogens with one attached hydrogen (secondary N) is 1. The van der Waals surface area contributed by atoms with Gasteiger partial charge in [-0.1, -0.05) is 12.1 Å². The summed E-state index contributed by atoms with van der Waals surface area (Å²) in [4.78, 5) is 9.77. The molecule has 0 aliphatic carbocycles.